The van der Waals surface area contributed by atoms with Crippen molar-refractivity contribution in [2.75, 3.05) is 10.6 Å². The highest BCUT2D eigenvalue weighted by atomic mass is 15.1. The molecule has 2 aromatic carbocycles. The number of rotatable bonds is 7. The summed E-state index contributed by atoms with van der Waals surface area (Å²) < 4.78 is 0. The molecular formula is C24H23N5. The molecule has 0 aliphatic heterocycles. The topological polar surface area (TPSA) is 62.7 Å². The van der Waals surface area contributed by atoms with Gasteiger partial charge >= 0.3 is 0 Å². The van der Waals surface area contributed by atoms with E-state index in [1.807, 2.05) is 42.6 Å². The number of aryl methyl sites for hydroxylation is 1. The Morgan fingerprint density at radius 1 is 0.759 bits per heavy atom. The summed E-state index contributed by atoms with van der Waals surface area (Å²) in [5.41, 5.74) is 5.47. The van der Waals surface area contributed by atoms with Crippen LogP contribution in [-0.4, -0.2) is 15.0 Å². The van der Waals surface area contributed by atoms with Crippen LogP contribution in [0.4, 0.5) is 11.8 Å². The summed E-state index contributed by atoms with van der Waals surface area (Å²) in [5.74, 6) is 1.37. The molecule has 4 aromatic rings. The number of nitrogens with one attached hydrogen (secondary N) is 2. The normalized spacial score (nSPS) is 10.5. The highest BCUT2D eigenvalue weighted by molar-refractivity contribution is 5.64. The van der Waals surface area contributed by atoms with E-state index in [0.717, 1.165) is 22.6 Å². The zero-order chi connectivity index (χ0) is 19.9. The Bertz CT molecular complexity index is 1050. The van der Waals surface area contributed by atoms with E-state index in [9.17, 15) is 0 Å². The molecule has 0 aliphatic rings. The van der Waals surface area contributed by atoms with Crippen molar-refractivity contribution in [2.24, 2.45) is 0 Å². The number of benzene rings is 2. The molecule has 0 atom stereocenters. The zero-order valence-electron chi connectivity index (χ0n) is 16.3. The van der Waals surface area contributed by atoms with E-state index in [1.54, 1.807) is 6.20 Å². The molecular weight excluding hydrogens is 358 g/mol. The van der Waals surface area contributed by atoms with Gasteiger partial charge in [-0.05, 0) is 24.1 Å². The van der Waals surface area contributed by atoms with Crippen LogP contribution in [-0.2, 0) is 13.1 Å². The van der Waals surface area contributed by atoms with Gasteiger partial charge in [0.2, 0.25) is 5.95 Å². The van der Waals surface area contributed by atoms with Gasteiger partial charge in [0.15, 0.2) is 0 Å². The molecule has 2 heterocycles. The summed E-state index contributed by atoms with van der Waals surface area (Å²) in [5, 5.41) is 6.74. The highest BCUT2D eigenvalue weighted by Crippen LogP contribution is 2.22. The summed E-state index contributed by atoms with van der Waals surface area (Å²) in [6.07, 6.45) is 3.60. The molecule has 2 N–H and O–H groups in total. The van der Waals surface area contributed by atoms with E-state index in [0.29, 0.717) is 19.0 Å². The van der Waals surface area contributed by atoms with Gasteiger partial charge in [-0.2, -0.15) is 4.98 Å². The predicted octanol–water partition coefficient (Wildman–Crippen LogP) is 5.07. The molecule has 0 aliphatic carbocycles. The first-order chi connectivity index (χ1) is 14.3. The third-order valence-electron chi connectivity index (χ3n) is 4.56. The minimum atomic E-state index is 0.585. The Morgan fingerprint density at radius 3 is 2.31 bits per heavy atom. The molecule has 0 saturated carbocycles. The third kappa shape index (κ3) is 5.17. The van der Waals surface area contributed by atoms with Crippen molar-refractivity contribution in [3.8, 4) is 11.3 Å². The lowest BCUT2D eigenvalue weighted by Crippen LogP contribution is -2.08. The number of hydrogen-bond donors (Lipinski definition) is 2. The van der Waals surface area contributed by atoms with Crippen molar-refractivity contribution < 1.29 is 0 Å². The van der Waals surface area contributed by atoms with Crippen molar-refractivity contribution in [2.45, 2.75) is 20.0 Å². The zero-order valence-corrected chi connectivity index (χ0v) is 16.3. The van der Waals surface area contributed by atoms with Crippen LogP contribution in [0.25, 0.3) is 11.3 Å². The van der Waals surface area contributed by atoms with E-state index in [-0.39, 0.29) is 0 Å². The van der Waals surface area contributed by atoms with Gasteiger partial charge in [-0.15, -0.1) is 0 Å². The second-order valence-electron chi connectivity index (χ2n) is 6.88. The SMILES string of the molecule is Cc1ccc(CNc2cc(-c3ccccc3)nc(NCc3cccnc3)n2)cc1. The van der Waals surface area contributed by atoms with Crippen LogP contribution >= 0.6 is 0 Å². The van der Waals surface area contributed by atoms with Crippen LogP contribution in [0.3, 0.4) is 0 Å². The minimum absolute atomic E-state index is 0.585. The average Bonchev–Trinajstić information content (AvgIpc) is 2.78. The first-order valence-corrected chi connectivity index (χ1v) is 9.63. The largest absolute Gasteiger partial charge is 0.366 e. The maximum absolute atomic E-state index is 4.70. The average molecular weight is 381 g/mol. The summed E-state index contributed by atoms with van der Waals surface area (Å²) in [6, 6.07) is 24.6. The fourth-order valence-corrected chi connectivity index (χ4v) is 2.96. The van der Waals surface area contributed by atoms with Gasteiger partial charge in [-0.3, -0.25) is 4.98 Å². The lowest BCUT2D eigenvalue weighted by atomic mass is 10.1. The second-order valence-corrected chi connectivity index (χ2v) is 6.88. The van der Waals surface area contributed by atoms with Crippen molar-refractivity contribution in [3.63, 3.8) is 0 Å². The molecule has 0 saturated heterocycles. The molecule has 29 heavy (non-hydrogen) atoms. The van der Waals surface area contributed by atoms with Crippen LogP contribution in [0.1, 0.15) is 16.7 Å². The van der Waals surface area contributed by atoms with Gasteiger partial charge in [0.1, 0.15) is 5.82 Å². The standard InChI is InChI=1S/C24H23N5/c1-18-9-11-19(12-10-18)16-26-23-14-22(21-7-3-2-4-8-21)28-24(29-23)27-17-20-6-5-13-25-15-20/h2-15H,16-17H2,1H3,(H2,26,27,28,29). The van der Waals surface area contributed by atoms with Crippen LogP contribution in [0, 0.1) is 6.92 Å². The minimum Gasteiger partial charge on any atom is -0.366 e. The van der Waals surface area contributed by atoms with Crippen LogP contribution in [0.2, 0.25) is 0 Å². The number of nitrogens with zero attached hydrogens (tertiary/aromatic N) is 3. The maximum Gasteiger partial charge on any atom is 0.225 e. The fourth-order valence-electron chi connectivity index (χ4n) is 2.96. The van der Waals surface area contributed by atoms with Gasteiger partial charge < -0.3 is 10.6 Å². The quantitative estimate of drug-likeness (QED) is 0.468. The Hall–Kier alpha value is -3.73. The van der Waals surface area contributed by atoms with Gasteiger partial charge in [-0.1, -0.05) is 66.2 Å². The molecule has 0 radical (unpaired) electrons. The monoisotopic (exact) mass is 381 g/mol. The summed E-state index contributed by atoms with van der Waals surface area (Å²) in [7, 11) is 0. The summed E-state index contributed by atoms with van der Waals surface area (Å²) in [6.45, 7) is 3.41. The van der Waals surface area contributed by atoms with Gasteiger partial charge in [0, 0.05) is 37.1 Å². The lowest BCUT2D eigenvalue weighted by Gasteiger charge is -2.12. The Morgan fingerprint density at radius 2 is 1.55 bits per heavy atom. The molecule has 5 nitrogen and oxygen atoms in total. The van der Waals surface area contributed by atoms with Crippen molar-refractivity contribution in [3.05, 3.63) is 102 Å². The van der Waals surface area contributed by atoms with Crippen molar-refractivity contribution >= 4 is 11.8 Å². The number of anilines is 2. The molecule has 5 heteroatoms. The van der Waals surface area contributed by atoms with Crippen LogP contribution in [0.5, 0.6) is 0 Å². The summed E-state index contributed by atoms with van der Waals surface area (Å²) in [4.78, 5) is 13.5. The van der Waals surface area contributed by atoms with E-state index in [4.69, 9.17) is 4.98 Å². The lowest BCUT2D eigenvalue weighted by molar-refractivity contribution is 1.03. The molecule has 0 spiro atoms. The molecule has 0 unspecified atom stereocenters. The Balaban J connectivity index is 1.56. The van der Waals surface area contributed by atoms with E-state index in [2.05, 4.69) is 63.9 Å². The smallest absolute Gasteiger partial charge is 0.225 e. The molecule has 0 bridgehead atoms. The first kappa shape index (κ1) is 18.6. The van der Waals surface area contributed by atoms with Crippen molar-refractivity contribution in [1.29, 1.82) is 0 Å². The maximum atomic E-state index is 4.70. The van der Waals surface area contributed by atoms with Crippen molar-refractivity contribution in [1.82, 2.24) is 15.0 Å². The van der Waals surface area contributed by atoms with E-state index >= 15 is 0 Å². The predicted molar refractivity (Wildman–Crippen MR) is 118 cm³/mol. The molecule has 144 valence electrons. The van der Waals surface area contributed by atoms with Gasteiger partial charge in [0.25, 0.3) is 0 Å². The van der Waals surface area contributed by atoms with Crippen LogP contribution < -0.4 is 10.6 Å². The number of hydrogen-bond acceptors (Lipinski definition) is 5. The highest BCUT2D eigenvalue weighted by Gasteiger charge is 2.07. The van der Waals surface area contributed by atoms with E-state index < -0.39 is 0 Å². The van der Waals surface area contributed by atoms with Crippen LogP contribution in [0.15, 0.2) is 85.2 Å². The Labute approximate surface area is 170 Å². The molecule has 0 fully saturated rings. The molecule has 4 rings (SSSR count). The first-order valence-electron chi connectivity index (χ1n) is 9.63. The van der Waals surface area contributed by atoms with Gasteiger partial charge in [0.05, 0.1) is 5.69 Å². The third-order valence-corrected chi connectivity index (χ3v) is 4.56. The molecule has 2 aromatic heterocycles. The fraction of sp³-hybridized carbons (Fsp3) is 0.125. The Kier molecular flexibility index (Phi) is 5.76. The van der Waals surface area contributed by atoms with E-state index in [1.165, 1.54) is 11.1 Å². The number of aromatic nitrogens is 3. The molecule has 0 amide bonds. The number of pyridine rings is 1. The summed E-state index contributed by atoms with van der Waals surface area (Å²) >= 11 is 0. The van der Waals surface area contributed by atoms with Gasteiger partial charge in [-0.25, -0.2) is 4.98 Å². The second kappa shape index (κ2) is 8.97.